The number of carboxylic acids is 1. The number of carbonyl (C=O) groups is 1. The van der Waals surface area contributed by atoms with E-state index in [-0.39, 0.29) is 41.2 Å². The number of hydrogen-bond donors (Lipinski definition) is 1. The molecule has 3 aromatic rings. The first kappa shape index (κ1) is 16.3. The van der Waals surface area contributed by atoms with Crippen LogP contribution in [0.3, 0.4) is 0 Å². The Kier molecular flexibility index (Phi) is 4.42. The van der Waals surface area contributed by atoms with Crippen LogP contribution in [0.15, 0.2) is 30.5 Å². The van der Waals surface area contributed by atoms with E-state index in [0.29, 0.717) is 11.3 Å². The maximum Gasteiger partial charge on any atom is 1.00 e. The molecular weight excluding hydrogens is 306 g/mol. The van der Waals surface area contributed by atoms with Crippen LogP contribution in [0.2, 0.25) is 5.15 Å². The van der Waals surface area contributed by atoms with Gasteiger partial charge in [0, 0.05) is 11.8 Å². The van der Waals surface area contributed by atoms with Crippen LogP contribution in [0.4, 0.5) is 10.2 Å². The maximum absolute atomic E-state index is 13.0. The summed E-state index contributed by atoms with van der Waals surface area (Å²) in [5.74, 6) is -1.84. The van der Waals surface area contributed by atoms with E-state index in [4.69, 9.17) is 17.3 Å². The summed E-state index contributed by atoms with van der Waals surface area (Å²) in [5, 5.41) is 11.0. The van der Waals surface area contributed by atoms with Crippen molar-refractivity contribution >= 4 is 29.0 Å². The van der Waals surface area contributed by atoms with Crippen LogP contribution in [0.1, 0.15) is 10.5 Å². The number of hydrogen-bond acceptors (Lipinski definition) is 5. The minimum absolute atomic E-state index is 0. The van der Waals surface area contributed by atoms with Crippen LogP contribution < -0.4 is 29.7 Å². The van der Waals surface area contributed by atoms with Crippen molar-refractivity contribution in [3.05, 3.63) is 47.1 Å². The van der Waals surface area contributed by atoms with Crippen LogP contribution in [-0.2, 0) is 0 Å². The Labute approximate surface area is 140 Å². The van der Waals surface area contributed by atoms with Crippen LogP contribution in [-0.4, -0.2) is 20.3 Å². The van der Waals surface area contributed by atoms with E-state index in [1.54, 1.807) is 0 Å². The number of anilines is 1. The summed E-state index contributed by atoms with van der Waals surface area (Å²) in [4.78, 5) is 18.7. The van der Waals surface area contributed by atoms with Gasteiger partial charge in [-0.2, -0.15) is 0 Å². The van der Waals surface area contributed by atoms with Gasteiger partial charge in [0.25, 0.3) is 0 Å². The van der Waals surface area contributed by atoms with E-state index in [1.807, 2.05) is 0 Å². The van der Waals surface area contributed by atoms with Crippen molar-refractivity contribution < 1.29 is 33.2 Å². The molecule has 1 aromatic carbocycles. The molecular formula is C13H7ClFLiN4O2. The first-order valence-corrected chi connectivity index (χ1v) is 6.16. The molecule has 0 bridgehead atoms. The Balaban J connectivity index is 0.00000176. The third-order valence-electron chi connectivity index (χ3n) is 2.90. The third-order valence-corrected chi connectivity index (χ3v) is 3.26. The fourth-order valence-electron chi connectivity index (χ4n) is 1.93. The Hall–Kier alpha value is -2.07. The smallest absolute Gasteiger partial charge is 0.543 e. The third kappa shape index (κ3) is 2.66. The molecule has 6 nitrogen and oxygen atoms in total. The first-order chi connectivity index (χ1) is 9.97. The second-order valence-electron chi connectivity index (χ2n) is 4.25. The number of aromatic carboxylic acids is 1. The molecule has 2 aromatic heterocycles. The number of fused-ring (bicyclic) bond motifs is 1. The number of nitrogens with zero attached hydrogens (tertiary/aromatic N) is 3. The minimum Gasteiger partial charge on any atom is -0.543 e. The number of rotatable bonds is 2. The number of benzene rings is 1. The predicted molar refractivity (Wildman–Crippen MR) is 72.1 cm³/mol. The molecule has 0 aliphatic heterocycles. The Morgan fingerprint density at radius 3 is 2.50 bits per heavy atom. The summed E-state index contributed by atoms with van der Waals surface area (Å²) >= 11 is 6.20. The topological polar surface area (TPSA) is 96.3 Å². The van der Waals surface area contributed by atoms with Gasteiger partial charge in [-0.1, -0.05) is 11.6 Å². The Morgan fingerprint density at radius 1 is 1.27 bits per heavy atom. The second kappa shape index (κ2) is 5.97. The zero-order valence-electron chi connectivity index (χ0n) is 11.4. The van der Waals surface area contributed by atoms with Gasteiger partial charge in [-0.3, -0.25) is 4.40 Å². The van der Waals surface area contributed by atoms with Gasteiger partial charge in [-0.15, -0.1) is 0 Å². The van der Waals surface area contributed by atoms with E-state index < -0.39 is 11.8 Å². The van der Waals surface area contributed by atoms with Crippen molar-refractivity contribution in [3.63, 3.8) is 0 Å². The average molecular weight is 313 g/mol. The Morgan fingerprint density at radius 2 is 1.91 bits per heavy atom. The molecule has 0 saturated carbocycles. The molecule has 0 spiro atoms. The molecule has 22 heavy (non-hydrogen) atoms. The van der Waals surface area contributed by atoms with Crippen LogP contribution in [0.25, 0.3) is 16.9 Å². The molecule has 2 N–H and O–H groups in total. The average Bonchev–Trinajstić information content (AvgIpc) is 2.90. The quantitative estimate of drug-likeness (QED) is 0.560. The molecule has 0 fully saturated rings. The summed E-state index contributed by atoms with van der Waals surface area (Å²) in [5.41, 5.74) is 6.41. The zero-order valence-corrected chi connectivity index (χ0v) is 12.1. The van der Waals surface area contributed by atoms with Crippen molar-refractivity contribution in [2.24, 2.45) is 0 Å². The summed E-state index contributed by atoms with van der Waals surface area (Å²) in [6.07, 6.45) is 1.19. The standard InChI is InChI=1S/C13H8ClFN4O2.Li/c14-10-9(6-1-3-7(15)4-2-6)18-11(16)12-17-8(13(20)21)5-19(10)12;/h1-5H,(H2,16,18)(H,20,21);/q;+1/p-1. The number of aromatic nitrogens is 3. The molecule has 3 rings (SSSR count). The van der Waals surface area contributed by atoms with E-state index in [1.165, 1.54) is 34.9 Å². The maximum atomic E-state index is 13.0. The van der Waals surface area contributed by atoms with E-state index >= 15 is 0 Å². The number of nitrogen functional groups attached to an aromatic ring is 1. The molecule has 0 atom stereocenters. The van der Waals surface area contributed by atoms with Gasteiger partial charge in [-0.05, 0) is 24.3 Å². The number of halogens is 2. The molecule has 106 valence electrons. The SMILES string of the molecule is Nc1nc(-c2ccc(F)cc2)c(Cl)n2cc(C(=O)[O-])nc12.[Li+]. The molecule has 0 aliphatic carbocycles. The van der Waals surface area contributed by atoms with Gasteiger partial charge in [0.15, 0.2) is 11.5 Å². The predicted octanol–water partition coefficient (Wildman–Crippen LogP) is -1.86. The van der Waals surface area contributed by atoms with E-state index in [2.05, 4.69) is 9.97 Å². The summed E-state index contributed by atoms with van der Waals surface area (Å²) in [6.45, 7) is 0. The largest absolute Gasteiger partial charge is 1.00 e. The fraction of sp³-hybridized carbons (Fsp3) is 0. The van der Waals surface area contributed by atoms with Gasteiger partial charge < -0.3 is 15.6 Å². The molecule has 0 aliphatic rings. The monoisotopic (exact) mass is 312 g/mol. The minimum atomic E-state index is -1.45. The number of nitrogens with two attached hydrogens (primary N) is 1. The Bertz CT molecular complexity index is 867. The molecule has 0 amide bonds. The van der Waals surface area contributed by atoms with Crippen LogP contribution >= 0.6 is 11.6 Å². The van der Waals surface area contributed by atoms with Crippen LogP contribution in [0, 0.1) is 5.82 Å². The molecule has 2 heterocycles. The van der Waals surface area contributed by atoms with E-state index in [9.17, 15) is 14.3 Å². The van der Waals surface area contributed by atoms with Gasteiger partial charge in [0.2, 0.25) is 0 Å². The zero-order chi connectivity index (χ0) is 15.1. The van der Waals surface area contributed by atoms with Crippen molar-refractivity contribution in [1.82, 2.24) is 14.4 Å². The van der Waals surface area contributed by atoms with Gasteiger partial charge >= 0.3 is 18.9 Å². The van der Waals surface area contributed by atoms with Crippen LogP contribution in [0.5, 0.6) is 0 Å². The number of imidazole rings is 1. The van der Waals surface area contributed by atoms with Crippen molar-refractivity contribution in [3.8, 4) is 11.3 Å². The summed E-state index contributed by atoms with van der Waals surface area (Å²) in [7, 11) is 0. The number of carboxylic acid groups (broad SMARTS) is 1. The van der Waals surface area contributed by atoms with Gasteiger partial charge in [-0.25, -0.2) is 14.4 Å². The molecule has 9 heteroatoms. The van der Waals surface area contributed by atoms with Gasteiger partial charge in [0.05, 0.1) is 5.97 Å². The molecule has 0 radical (unpaired) electrons. The van der Waals surface area contributed by atoms with E-state index in [0.717, 1.165) is 0 Å². The van der Waals surface area contributed by atoms with Crippen molar-refractivity contribution in [2.75, 3.05) is 5.73 Å². The normalized spacial score (nSPS) is 10.5. The number of carbonyl (C=O) groups excluding carboxylic acids is 1. The first-order valence-electron chi connectivity index (χ1n) is 5.78. The summed E-state index contributed by atoms with van der Waals surface area (Å²) in [6, 6.07) is 5.50. The molecule has 0 saturated heterocycles. The van der Waals surface area contributed by atoms with Gasteiger partial charge in [0.1, 0.15) is 22.4 Å². The fourth-order valence-corrected chi connectivity index (χ4v) is 2.21. The molecule has 0 unspecified atom stereocenters. The second-order valence-corrected chi connectivity index (χ2v) is 4.61. The summed E-state index contributed by atoms with van der Waals surface area (Å²) < 4.78 is 14.3. The van der Waals surface area contributed by atoms with Crippen molar-refractivity contribution in [2.45, 2.75) is 0 Å². The van der Waals surface area contributed by atoms with Crippen molar-refractivity contribution in [1.29, 1.82) is 0 Å².